The summed E-state index contributed by atoms with van der Waals surface area (Å²) in [6.07, 6.45) is -0.0551. The van der Waals surface area contributed by atoms with Crippen LogP contribution in [0.1, 0.15) is 19.8 Å². The quantitative estimate of drug-likeness (QED) is 0.647. The lowest BCUT2D eigenvalue weighted by Crippen LogP contribution is -2.44. The van der Waals surface area contributed by atoms with E-state index < -0.39 is 38.6 Å². The van der Waals surface area contributed by atoms with Gasteiger partial charge in [0, 0.05) is 32.1 Å². The average molecular weight is 419 g/mol. The van der Waals surface area contributed by atoms with Gasteiger partial charge in [-0.1, -0.05) is 0 Å². The number of carbonyl (C=O) groups is 2. The van der Waals surface area contributed by atoms with E-state index in [0.29, 0.717) is 6.07 Å². The van der Waals surface area contributed by atoms with Gasteiger partial charge in [0.1, 0.15) is 16.5 Å². The molecule has 2 amide bonds. The van der Waals surface area contributed by atoms with Crippen molar-refractivity contribution in [3.63, 3.8) is 0 Å². The van der Waals surface area contributed by atoms with E-state index in [0.717, 1.165) is 16.4 Å². The van der Waals surface area contributed by atoms with Crippen molar-refractivity contribution in [2.45, 2.75) is 24.7 Å². The number of nitrogens with one attached hydrogen (secondary N) is 2. The summed E-state index contributed by atoms with van der Waals surface area (Å²) in [5, 5.41) is 5.13. The predicted molar refractivity (Wildman–Crippen MR) is 95.9 cm³/mol. The van der Waals surface area contributed by atoms with Gasteiger partial charge in [-0.05, 0) is 38.0 Å². The summed E-state index contributed by atoms with van der Waals surface area (Å²) >= 11 is 0. The molecule has 1 heterocycles. The van der Waals surface area contributed by atoms with Crippen LogP contribution in [-0.2, 0) is 19.6 Å². The number of piperidine rings is 1. The van der Waals surface area contributed by atoms with Gasteiger partial charge in [-0.2, -0.15) is 4.31 Å². The number of amides is 2. The normalized spacial score (nSPS) is 15.8. The summed E-state index contributed by atoms with van der Waals surface area (Å²) in [6, 6.07) is 2.27. The molecule has 1 fully saturated rings. The van der Waals surface area contributed by atoms with E-state index in [1.54, 1.807) is 6.92 Å². The Morgan fingerprint density at radius 3 is 2.46 bits per heavy atom. The van der Waals surface area contributed by atoms with Gasteiger partial charge in [0.25, 0.3) is 0 Å². The minimum absolute atomic E-state index is 0.0252. The highest BCUT2D eigenvalue weighted by Gasteiger charge is 2.33. The van der Waals surface area contributed by atoms with Gasteiger partial charge < -0.3 is 15.4 Å². The molecule has 0 atom stereocenters. The number of sulfonamides is 1. The van der Waals surface area contributed by atoms with Crippen LogP contribution in [0.4, 0.5) is 13.6 Å². The summed E-state index contributed by atoms with van der Waals surface area (Å²) in [4.78, 5) is 22.6. The first-order valence-electron chi connectivity index (χ1n) is 8.89. The third kappa shape index (κ3) is 5.61. The Hall–Kier alpha value is -2.27. The Morgan fingerprint density at radius 1 is 1.18 bits per heavy atom. The van der Waals surface area contributed by atoms with E-state index in [2.05, 4.69) is 15.4 Å². The second-order valence-electron chi connectivity index (χ2n) is 6.19. The molecular weight excluding hydrogens is 396 g/mol. The van der Waals surface area contributed by atoms with E-state index in [4.69, 9.17) is 0 Å². The highest BCUT2D eigenvalue weighted by atomic mass is 32.2. The Balaban J connectivity index is 1.84. The van der Waals surface area contributed by atoms with E-state index in [-0.39, 0.29) is 51.5 Å². The van der Waals surface area contributed by atoms with Crippen molar-refractivity contribution in [1.82, 2.24) is 14.9 Å². The molecule has 0 unspecified atom stereocenters. The molecule has 0 spiro atoms. The van der Waals surface area contributed by atoms with Gasteiger partial charge in [-0.3, -0.25) is 4.79 Å². The number of ether oxygens (including phenoxy) is 1. The van der Waals surface area contributed by atoms with E-state index >= 15 is 0 Å². The number of halogens is 2. The number of rotatable bonds is 7. The van der Waals surface area contributed by atoms with Crippen LogP contribution >= 0.6 is 0 Å². The van der Waals surface area contributed by atoms with E-state index in [1.165, 1.54) is 0 Å². The van der Waals surface area contributed by atoms with Crippen LogP contribution in [0.15, 0.2) is 23.1 Å². The molecule has 0 bridgehead atoms. The maximum Gasteiger partial charge on any atom is 0.407 e. The van der Waals surface area contributed by atoms with Crippen molar-refractivity contribution in [3.05, 3.63) is 29.8 Å². The lowest BCUT2D eigenvalue weighted by molar-refractivity contribution is -0.126. The van der Waals surface area contributed by atoms with Gasteiger partial charge in [-0.15, -0.1) is 0 Å². The fourth-order valence-corrected chi connectivity index (χ4v) is 4.39. The Bertz CT molecular complexity index is 811. The van der Waals surface area contributed by atoms with Crippen LogP contribution in [-0.4, -0.2) is 57.5 Å². The van der Waals surface area contributed by atoms with Crippen LogP contribution in [0, 0.1) is 17.6 Å². The lowest BCUT2D eigenvalue weighted by atomic mass is 9.97. The maximum atomic E-state index is 13.8. The first-order valence-corrected chi connectivity index (χ1v) is 10.3. The summed E-state index contributed by atoms with van der Waals surface area (Å²) in [6.45, 7) is 2.39. The van der Waals surface area contributed by atoms with Crippen molar-refractivity contribution < 1.29 is 31.5 Å². The molecule has 0 saturated carbocycles. The van der Waals surface area contributed by atoms with Crippen LogP contribution in [0.25, 0.3) is 0 Å². The number of benzene rings is 1. The molecule has 0 aliphatic carbocycles. The topological polar surface area (TPSA) is 105 Å². The second-order valence-corrected chi connectivity index (χ2v) is 8.10. The van der Waals surface area contributed by atoms with Crippen LogP contribution in [0.3, 0.4) is 0 Å². The summed E-state index contributed by atoms with van der Waals surface area (Å²) in [5.74, 6) is -2.51. The van der Waals surface area contributed by atoms with Crippen LogP contribution < -0.4 is 10.6 Å². The number of hydrogen-bond acceptors (Lipinski definition) is 5. The second kappa shape index (κ2) is 9.78. The maximum absolute atomic E-state index is 13.8. The third-order valence-electron chi connectivity index (χ3n) is 4.30. The Labute approximate surface area is 162 Å². The standard InChI is InChI=1S/C17H23F2N3O5S/c1-2-27-17(24)21-8-7-20-16(23)12-5-9-22(10-6-12)28(25,26)15-11-13(18)3-4-14(15)19/h3-4,11-12H,2,5-10H2,1H3,(H,20,23)(H,21,24). The number of nitrogens with zero attached hydrogens (tertiary/aromatic N) is 1. The molecule has 2 rings (SSSR count). The van der Waals surface area contributed by atoms with Gasteiger partial charge in [0.15, 0.2) is 0 Å². The molecule has 156 valence electrons. The average Bonchev–Trinajstić information content (AvgIpc) is 2.67. The SMILES string of the molecule is CCOC(=O)NCCNC(=O)C1CCN(S(=O)(=O)c2cc(F)ccc2F)CC1. The number of hydrogen-bond donors (Lipinski definition) is 2. The smallest absolute Gasteiger partial charge is 0.407 e. The zero-order valence-corrected chi connectivity index (χ0v) is 16.2. The van der Waals surface area contributed by atoms with Crippen molar-refractivity contribution in [3.8, 4) is 0 Å². The van der Waals surface area contributed by atoms with E-state index in [9.17, 15) is 26.8 Å². The minimum Gasteiger partial charge on any atom is -0.450 e. The Kier molecular flexibility index (Phi) is 7.69. The van der Waals surface area contributed by atoms with Crippen molar-refractivity contribution in [2.75, 3.05) is 32.8 Å². The van der Waals surface area contributed by atoms with Crippen LogP contribution in [0.2, 0.25) is 0 Å². The predicted octanol–water partition coefficient (Wildman–Crippen LogP) is 1.23. The van der Waals surface area contributed by atoms with Gasteiger partial charge >= 0.3 is 6.09 Å². The monoisotopic (exact) mass is 419 g/mol. The molecule has 2 N–H and O–H groups in total. The van der Waals surface area contributed by atoms with Crippen molar-refractivity contribution >= 4 is 22.0 Å². The highest BCUT2D eigenvalue weighted by Crippen LogP contribution is 2.26. The molecule has 11 heteroatoms. The zero-order valence-electron chi connectivity index (χ0n) is 15.4. The van der Waals surface area contributed by atoms with Crippen LogP contribution in [0.5, 0.6) is 0 Å². The number of carbonyl (C=O) groups excluding carboxylic acids is 2. The largest absolute Gasteiger partial charge is 0.450 e. The zero-order chi connectivity index (χ0) is 20.7. The molecule has 1 aliphatic heterocycles. The van der Waals surface area contributed by atoms with Gasteiger partial charge in [0.2, 0.25) is 15.9 Å². The van der Waals surface area contributed by atoms with Gasteiger partial charge in [-0.25, -0.2) is 22.0 Å². The molecular formula is C17H23F2N3O5S. The van der Waals surface area contributed by atoms with E-state index in [1.807, 2.05) is 0 Å². The first kappa shape index (κ1) is 22.0. The Morgan fingerprint density at radius 2 is 1.82 bits per heavy atom. The van der Waals surface area contributed by atoms with Crippen molar-refractivity contribution in [1.29, 1.82) is 0 Å². The summed E-state index contributed by atoms with van der Waals surface area (Å²) < 4.78 is 57.9. The summed E-state index contributed by atoms with van der Waals surface area (Å²) in [7, 11) is -4.18. The van der Waals surface area contributed by atoms with Gasteiger partial charge in [0.05, 0.1) is 6.61 Å². The molecule has 8 nitrogen and oxygen atoms in total. The molecule has 0 aromatic heterocycles. The first-order chi connectivity index (χ1) is 13.3. The minimum atomic E-state index is -4.18. The third-order valence-corrected chi connectivity index (χ3v) is 6.22. The van der Waals surface area contributed by atoms with Crippen molar-refractivity contribution in [2.24, 2.45) is 5.92 Å². The highest BCUT2D eigenvalue weighted by molar-refractivity contribution is 7.89. The fraction of sp³-hybridized carbons (Fsp3) is 0.529. The fourth-order valence-electron chi connectivity index (χ4n) is 2.85. The lowest BCUT2D eigenvalue weighted by Gasteiger charge is -2.30. The molecule has 1 aliphatic rings. The summed E-state index contributed by atoms with van der Waals surface area (Å²) in [5.41, 5.74) is 0. The molecule has 1 aromatic carbocycles. The molecule has 28 heavy (non-hydrogen) atoms. The molecule has 1 saturated heterocycles. The number of alkyl carbamates (subject to hydrolysis) is 1. The molecule has 0 radical (unpaired) electrons. The molecule has 1 aromatic rings.